The van der Waals surface area contributed by atoms with Crippen LogP contribution in [-0.2, 0) is 11.3 Å². The van der Waals surface area contributed by atoms with Gasteiger partial charge in [0.2, 0.25) is 0 Å². The molecule has 0 bridgehead atoms. The smallest absolute Gasteiger partial charge is 0.355 e. The van der Waals surface area contributed by atoms with Gasteiger partial charge in [-0.2, -0.15) is 0 Å². The molecule has 3 nitrogen and oxygen atoms in total. The molecule has 0 spiro atoms. The maximum Gasteiger partial charge on any atom is 0.355 e. The first-order valence-corrected chi connectivity index (χ1v) is 5.03. The summed E-state index contributed by atoms with van der Waals surface area (Å²) in [6, 6.07) is 1.95. The second-order valence-corrected chi connectivity index (χ2v) is 3.26. The molecule has 0 aliphatic carbocycles. The van der Waals surface area contributed by atoms with Crippen LogP contribution in [0.1, 0.15) is 36.3 Å². The number of aryl methyl sites for hydroxylation is 2. The summed E-state index contributed by atoms with van der Waals surface area (Å²) in [6.45, 7) is 7.13. The Morgan fingerprint density at radius 1 is 1.50 bits per heavy atom. The third-order valence-electron chi connectivity index (χ3n) is 2.10. The van der Waals surface area contributed by atoms with E-state index in [1.54, 1.807) is 0 Å². The molecule has 0 N–H and O–H groups in total. The number of nitrogens with zero attached hydrogens (tertiary/aromatic N) is 1. The van der Waals surface area contributed by atoms with E-state index in [-0.39, 0.29) is 5.97 Å². The number of hydrogen-bond acceptors (Lipinski definition) is 2. The lowest BCUT2D eigenvalue weighted by atomic mass is 10.2. The average Bonchev–Trinajstić information content (AvgIpc) is 2.48. The maximum absolute atomic E-state index is 11.6. The van der Waals surface area contributed by atoms with Crippen molar-refractivity contribution >= 4 is 5.97 Å². The Balaban J connectivity index is 2.92. The van der Waals surface area contributed by atoms with Gasteiger partial charge >= 0.3 is 5.97 Å². The Morgan fingerprint density at radius 2 is 2.21 bits per heavy atom. The molecule has 1 aromatic heterocycles. The zero-order valence-electron chi connectivity index (χ0n) is 9.04. The molecule has 14 heavy (non-hydrogen) atoms. The van der Waals surface area contributed by atoms with Crippen molar-refractivity contribution in [1.29, 1.82) is 0 Å². The summed E-state index contributed by atoms with van der Waals surface area (Å²) in [7, 11) is 0. The highest BCUT2D eigenvalue weighted by atomic mass is 16.5. The Labute approximate surface area is 84.7 Å². The Hall–Kier alpha value is -1.25. The molecule has 0 aromatic carbocycles. The van der Waals surface area contributed by atoms with E-state index in [1.807, 2.05) is 30.7 Å². The van der Waals surface area contributed by atoms with E-state index in [2.05, 4.69) is 6.92 Å². The highest BCUT2D eigenvalue weighted by molar-refractivity contribution is 5.89. The summed E-state index contributed by atoms with van der Waals surface area (Å²) in [6.07, 6.45) is 2.95. The fourth-order valence-electron chi connectivity index (χ4n) is 1.49. The van der Waals surface area contributed by atoms with Crippen LogP contribution in [0.25, 0.3) is 0 Å². The van der Waals surface area contributed by atoms with E-state index >= 15 is 0 Å². The van der Waals surface area contributed by atoms with Crippen LogP contribution >= 0.6 is 0 Å². The van der Waals surface area contributed by atoms with Crippen LogP contribution in [0.15, 0.2) is 12.3 Å². The third-order valence-corrected chi connectivity index (χ3v) is 2.10. The molecular weight excluding hydrogens is 178 g/mol. The molecule has 0 saturated heterocycles. The Bertz CT molecular complexity index is 315. The van der Waals surface area contributed by atoms with E-state index < -0.39 is 0 Å². The van der Waals surface area contributed by atoms with Gasteiger partial charge in [-0.25, -0.2) is 4.79 Å². The molecule has 0 fully saturated rings. The third kappa shape index (κ3) is 2.16. The first-order chi connectivity index (χ1) is 6.70. The van der Waals surface area contributed by atoms with Gasteiger partial charge in [0.15, 0.2) is 0 Å². The molecule has 0 unspecified atom stereocenters. The minimum absolute atomic E-state index is 0.219. The Kier molecular flexibility index (Phi) is 3.74. The van der Waals surface area contributed by atoms with E-state index in [4.69, 9.17) is 4.74 Å². The number of aromatic nitrogens is 1. The molecule has 0 atom stereocenters. The number of esters is 1. The molecular formula is C11H17NO2. The van der Waals surface area contributed by atoms with Crippen LogP contribution in [0.4, 0.5) is 0 Å². The lowest BCUT2D eigenvalue weighted by Crippen LogP contribution is -2.12. The van der Waals surface area contributed by atoms with Crippen molar-refractivity contribution in [2.24, 2.45) is 0 Å². The van der Waals surface area contributed by atoms with Gasteiger partial charge in [0.25, 0.3) is 0 Å². The monoisotopic (exact) mass is 195 g/mol. The van der Waals surface area contributed by atoms with E-state index in [0.717, 1.165) is 18.5 Å². The summed E-state index contributed by atoms with van der Waals surface area (Å²) in [5.74, 6) is -0.219. The zero-order valence-corrected chi connectivity index (χ0v) is 9.04. The van der Waals surface area contributed by atoms with E-state index in [0.29, 0.717) is 12.3 Å². The molecule has 78 valence electrons. The molecule has 0 radical (unpaired) electrons. The first-order valence-electron chi connectivity index (χ1n) is 5.03. The minimum Gasteiger partial charge on any atom is -0.461 e. The number of carbonyl (C=O) groups is 1. The molecule has 0 aliphatic rings. The predicted molar refractivity (Wildman–Crippen MR) is 55.4 cm³/mol. The summed E-state index contributed by atoms with van der Waals surface area (Å²) < 4.78 is 6.95. The number of ether oxygens (including phenoxy) is 1. The fraction of sp³-hybridized carbons (Fsp3) is 0.545. The Morgan fingerprint density at radius 3 is 2.79 bits per heavy atom. The molecule has 0 aliphatic heterocycles. The van der Waals surface area contributed by atoms with Crippen molar-refractivity contribution in [3.8, 4) is 0 Å². The van der Waals surface area contributed by atoms with E-state index in [9.17, 15) is 4.79 Å². The summed E-state index contributed by atoms with van der Waals surface area (Å²) in [5, 5.41) is 0. The number of carbonyl (C=O) groups excluding carboxylic acids is 1. The van der Waals surface area contributed by atoms with Crippen LogP contribution in [0.3, 0.4) is 0 Å². The van der Waals surface area contributed by atoms with E-state index in [1.165, 1.54) is 0 Å². The van der Waals surface area contributed by atoms with Crippen molar-refractivity contribution in [2.75, 3.05) is 6.61 Å². The SMILES string of the molecule is CCCn1ccc(C)c1C(=O)OCC. The van der Waals surface area contributed by atoms with Gasteiger partial charge in [-0.05, 0) is 31.9 Å². The molecule has 3 heteroatoms. The highest BCUT2D eigenvalue weighted by Gasteiger charge is 2.14. The topological polar surface area (TPSA) is 31.2 Å². The highest BCUT2D eigenvalue weighted by Crippen LogP contribution is 2.12. The largest absolute Gasteiger partial charge is 0.461 e. The summed E-state index contributed by atoms with van der Waals surface area (Å²) in [4.78, 5) is 11.6. The number of hydrogen-bond donors (Lipinski definition) is 0. The van der Waals surface area contributed by atoms with Gasteiger partial charge in [-0.1, -0.05) is 6.92 Å². The average molecular weight is 195 g/mol. The van der Waals surface area contributed by atoms with Gasteiger partial charge in [0.05, 0.1) is 6.61 Å². The van der Waals surface area contributed by atoms with Crippen molar-refractivity contribution in [3.63, 3.8) is 0 Å². The second-order valence-electron chi connectivity index (χ2n) is 3.26. The van der Waals surface area contributed by atoms with Gasteiger partial charge in [-0.15, -0.1) is 0 Å². The van der Waals surface area contributed by atoms with Gasteiger partial charge in [0.1, 0.15) is 5.69 Å². The van der Waals surface area contributed by atoms with Crippen LogP contribution in [0.2, 0.25) is 0 Å². The second kappa shape index (κ2) is 4.84. The number of rotatable bonds is 4. The minimum atomic E-state index is -0.219. The van der Waals surface area contributed by atoms with Crippen LogP contribution < -0.4 is 0 Å². The maximum atomic E-state index is 11.6. The summed E-state index contributed by atoms with van der Waals surface area (Å²) in [5.41, 5.74) is 1.67. The van der Waals surface area contributed by atoms with Crippen LogP contribution in [0, 0.1) is 6.92 Å². The molecule has 0 amide bonds. The van der Waals surface area contributed by atoms with Crippen LogP contribution in [0.5, 0.6) is 0 Å². The summed E-state index contributed by atoms with van der Waals surface area (Å²) >= 11 is 0. The van der Waals surface area contributed by atoms with Crippen molar-refractivity contribution in [2.45, 2.75) is 33.7 Å². The standard InChI is InChI=1S/C11H17NO2/c1-4-7-12-8-6-9(3)10(12)11(13)14-5-2/h6,8H,4-5,7H2,1-3H3. The molecule has 0 saturated carbocycles. The van der Waals surface area contributed by atoms with Crippen molar-refractivity contribution < 1.29 is 9.53 Å². The molecule has 1 heterocycles. The first kappa shape index (κ1) is 10.8. The lowest BCUT2D eigenvalue weighted by Gasteiger charge is -2.07. The zero-order chi connectivity index (χ0) is 10.6. The lowest BCUT2D eigenvalue weighted by molar-refractivity contribution is 0.0513. The fourth-order valence-corrected chi connectivity index (χ4v) is 1.49. The van der Waals surface area contributed by atoms with Crippen LogP contribution in [-0.4, -0.2) is 17.1 Å². The predicted octanol–water partition coefficient (Wildman–Crippen LogP) is 2.38. The van der Waals surface area contributed by atoms with Gasteiger partial charge in [0, 0.05) is 12.7 Å². The normalized spacial score (nSPS) is 10.2. The van der Waals surface area contributed by atoms with Crippen molar-refractivity contribution in [1.82, 2.24) is 4.57 Å². The van der Waals surface area contributed by atoms with Gasteiger partial charge < -0.3 is 9.30 Å². The molecule has 1 aromatic rings. The molecule has 1 rings (SSSR count). The van der Waals surface area contributed by atoms with Gasteiger partial charge in [-0.3, -0.25) is 0 Å². The van der Waals surface area contributed by atoms with Crippen molar-refractivity contribution in [3.05, 3.63) is 23.5 Å². The quantitative estimate of drug-likeness (QED) is 0.691.